The molecule has 0 bridgehead atoms. The highest BCUT2D eigenvalue weighted by Gasteiger charge is 2.23. The van der Waals surface area contributed by atoms with E-state index in [1.807, 2.05) is 17.0 Å². The van der Waals surface area contributed by atoms with Crippen molar-refractivity contribution in [3.63, 3.8) is 0 Å². The molecule has 2 N–H and O–H groups in total. The van der Waals surface area contributed by atoms with Gasteiger partial charge in [-0.25, -0.2) is 4.79 Å². The normalized spacial score (nSPS) is 19.3. The number of benzene rings is 1. The summed E-state index contributed by atoms with van der Waals surface area (Å²) in [7, 11) is 0. The van der Waals surface area contributed by atoms with E-state index < -0.39 is 0 Å². The maximum atomic E-state index is 12.4. The minimum absolute atomic E-state index is 0.00356. The lowest BCUT2D eigenvalue weighted by Crippen LogP contribution is -2.47. The van der Waals surface area contributed by atoms with Crippen LogP contribution in [-0.2, 0) is 4.79 Å². The van der Waals surface area contributed by atoms with Crippen molar-refractivity contribution in [2.24, 2.45) is 5.92 Å². The van der Waals surface area contributed by atoms with Gasteiger partial charge in [-0.05, 0) is 55.9 Å². The van der Waals surface area contributed by atoms with Gasteiger partial charge in [0.05, 0.1) is 0 Å². The molecule has 3 rings (SSSR count). The van der Waals surface area contributed by atoms with Crippen LogP contribution in [0.3, 0.4) is 0 Å². The van der Waals surface area contributed by atoms with Crippen molar-refractivity contribution in [3.05, 3.63) is 24.3 Å². The van der Waals surface area contributed by atoms with E-state index in [0.29, 0.717) is 13.1 Å². The van der Waals surface area contributed by atoms with E-state index in [0.717, 1.165) is 37.5 Å². The monoisotopic (exact) mass is 358 g/mol. The van der Waals surface area contributed by atoms with Crippen LogP contribution in [0, 0.1) is 5.92 Å². The number of likely N-dealkylation sites (tertiary alicyclic amines) is 1. The van der Waals surface area contributed by atoms with Crippen molar-refractivity contribution >= 4 is 23.3 Å². The molecule has 2 aliphatic rings. The number of carbonyl (C=O) groups excluding carboxylic acids is 2. The van der Waals surface area contributed by atoms with Crippen LogP contribution < -0.4 is 15.5 Å². The van der Waals surface area contributed by atoms with Gasteiger partial charge in [0, 0.05) is 50.5 Å². The maximum absolute atomic E-state index is 12.4. The van der Waals surface area contributed by atoms with Gasteiger partial charge in [0.2, 0.25) is 5.91 Å². The molecule has 2 fully saturated rings. The Labute approximate surface area is 155 Å². The second-order valence-electron chi connectivity index (χ2n) is 7.61. The highest BCUT2D eigenvalue weighted by atomic mass is 16.2. The van der Waals surface area contributed by atoms with Crippen molar-refractivity contribution < 1.29 is 9.59 Å². The van der Waals surface area contributed by atoms with Gasteiger partial charge in [-0.15, -0.1) is 0 Å². The highest BCUT2D eigenvalue weighted by Crippen LogP contribution is 2.24. The fraction of sp³-hybridized carbons (Fsp3) is 0.600. The molecule has 6 heteroatoms. The van der Waals surface area contributed by atoms with E-state index in [9.17, 15) is 9.59 Å². The number of urea groups is 1. The molecule has 2 saturated heterocycles. The summed E-state index contributed by atoms with van der Waals surface area (Å²) in [4.78, 5) is 27.8. The average Bonchev–Trinajstić information content (AvgIpc) is 2.63. The molecular formula is C20H30N4O2. The van der Waals surface area contributed by atoms with Crippen molar-refractivity contribution in [3.8, 4) is 0 Å². The van der Waals surface area contributed by atoms with E-state index in [1.165, 1.54) is 25.5 Å². The third-order valence-corrected chi connectivity index (χ3v) is 5.46. The molecule has 2 heterocycles. The first-order valence-electron chi connectivity index (χ1n) is 9.69. The summed E-state index contributed by atoms with van der Waals surface area (Å²) in [6, 6.07) is 8.27. The Morgan fingerprint density at radius 2 is 1.58 bits per heavy atom. The molecule has 3 amide bonds. The summed E-state index contributed by atoms with van der Waals surface area (Å²) >= 11 is 0. The van der Waals surface area contributed by atoms with Gasteiger partial charge >= 0.3 is 6.03 Å². The summed E-state index contributed by atoms with van der Waals surface area (Å²) in [6.45, 7) is 7.40. The van der Waals surface area contributed by atoms with Crippen LogP contribution in [-0.4, -0.2) is 49.1 Å². The van der Waals surface area contributed by atoms with E-state index in [1.54, 1.807) is 0 Å². The first-order valence-corrected chi connectivity index (χ1v) is 9.69. The second-order valence-corrected chi connectivity index (χ2v) is 7.61. The lowest BCUT2D eigenvalue weighted by molar-refractivity contribution is -0.119. The maximum Gasteiger partial charge on any atom is 0.321 e. The predicted molar refractivity (Wildman–Crippen MR) is 104 cm³/mol. The second kappa shape index (κ2) is 8.43. The quantitative estimate of drug-likeness (QED) is 0.873. The molecule has 0 unspecified atom stereocenters. The number of carbonyl (C=O) groups is 2. The Morgan fingerprint density at radius 1 is 0.962 bits per heavy atom. The Kier molecular flexibility index (Phi) is 6.01. The van der Waals surface area contributed by atoms with Crippen molar-refractivity contribution in [1.29, 1.82) is 0 Å². The molecule has 2 aliphatic heterocycles. The number of hydrogen-bond donors (Lipinski definition) is 2. The third kappa shape index (κ3) is 4.90. The number of rotatable bonds is 3. The molecule has 1 aromatic rings. The van der Waals surface area contributed by atoms with Crippen LogP contribution in [0.25, 0.3) is 0 Å². The first-order chi connectivity index (χ1) is 12.5. The van der Waals surface area contributed by atoms with Crippen LogP contribution in [0.5, 0.6) is 0 Å². The topological polar surface area (TPSA) is 64.7 Å². The fourth-order valence-corrected chi connectivity index (χ4v) is 3.74. The Hall–Kier alpha value is -2.24. The molecular weight excluding hydrogens is 328 g/mol. The zero-order valence-corrected chi connectivity index (χ0v) is 15.8. The lowest BCUT2D eigenvalue weighted by Gasteiger charge is -2.33. The standard InChI is InChI=1S/C20H30N4O2/c1-15-7-11-23(12-8-15)19-5-3-17(4-6-19)22-20(26)24-13-9-18(10-14-24)21-16(2)25/h3-6,15,18H,7-14H2,1-2H3,(H,21,25)(H,22,26). The first kappa shape index (κ1) is 18.5. The molecule has 6 nitrogen and oxygen atoms in total. The van der Waals surface area contributed by atoms with Crippen LogP contribution in [0.15, 0.2) is 24.3 Å². The van der Waals surface area contributed by atoms with E-state index in [2.05, 4.69) is 34.6 Å². The summed E-state index contributed by atoms with van der Waals surface area (Å²) in [5.74, 6) is 0.816. The Bertz CT molecular complexity index is 615. The number of nitrogens with zero attached hydrogens (tertiary/aromatic N) is 2. The van der Waals surface area contributed by atoms with Gasteiger partial charge in [0.1, 0.15) is 0 Å². The zero-order valence-electron chi connectivity index (χ0n) is 15.8. The van der Waals surface area contributed by atoms with Gasteiger partial charge in [-0.2, -0.15) is 0 Å². The number of piperidine rings is 2. The van der Waals surface area contributed by atoms with E-state index in [4.69, 9.17) is 0 Å². The van der Waals surface area contributed by atoms with E-state index in [-0.39, 0.29) is 18.0 Å². The minimum atomic E-state index is -0.0641. The fourth-order valence-electron chi connectivity index (χ4n) is 3.74. The molecule has 142 valence electrons. The summed E-state index contributed by atoms with van der Waals surface area (Å²) < 4.78 is 0. The summed E-state index contributed by atoms with van der Waals surface area (Å²) in [5.41, 5.74) is 2.05. The molecule has 0 radical (unpaired) electrons. The number of anilines is 2. The number of nitrogens with one attached hydrogen (secondary N) is 2. The largest absolute Gasteiger partial charge is 0.372 e. The van der Waals surface area contributed by atoms with Crippen molar-refractivity contribution in [2.75, 3.05) is 36.4 Å². The van der Waals surface area contributed by atoms with Crippen LogP contribution >= 0.6 is 0 Å². The van der Waals surface area contributed by atoms with Gasteiger partial charge in [0.15, 0.2) is 0 Å². The van der Waals surface area contributed by atoms with Gasteiger partial charge in [-0.1, -0.05) is 6.92 Å². The van der Waals surface area contributed by atoms with Crippen molar-refractivity contribution in [1.82, 2.24) is 10.2 Å². The predicted octanol–water partition coefficient (Wildman–Crippen LogP) is 3.06. The molecule has 0 aliphatic carbocycles. The zero-order chi connectivity index (χ0) is 18.5. The minimum Gasteiger partial charge on any atom is -0.372 e. The number of hydrogen-bond acceptors (Lipinski definition) is 3. The summed E-state index contributed by atoms with van der Waals surface area (Å²) in [5, 5.41) is 5.91. The van der Waals surface area contributed by atoms with Crippen LogP contribution in [0.1, 0.15) is 39.5 Å². The van der Waals surface area contributed by atoms with Crippen LogP contribution in [0.4, 0.5) is 16.2 Å². The highest BCUT2D eigenvalue weighted by molar-refractivity contribution is 5.89. The summed E-state index contributed by atoms with van der Waals surface area (Å²) in [6.07, 6.45) is 4.10. The molecule has 0 spiro atoms. The third-order valence-electron chi connectivity index (χ3n) is 5.46. The molecule has 1 aromatic carbocycles. The van der Waals surface area contributed by atoms with Crippen molar-refractivity contribution in [2.45, 2.75) is 45.6 Å². The SMILES string of the molecule is CC(=O)NC1CCN(C(=O)Nc2ccc(N3CCC(C)CC3)cc2)CC1. The van der Waals surface area contributed by atoms with E-state index >= 15 is 0 Å². The molecule has 26 heavy (non-hydrogen) atoms. The number of amides is 3. The van der Waals surface area contributed by atoms with Gasteiger partial charge in [-0.3, -0.25) is 4.79 Å². The van der Waals surface area contributed by atoms with Gasteiger partial charge < -0.3 is 20.4 Å². The lowest BCUT2D eigenvalue weighted by atomic mass is 9.99. The molecule has 0 atom stereocenters. The smallest absolute Gasteiger partial charge is 0.321 e. The van der Waals surface area contributed by atoms with Gasteiger partial charge in [0.25, 0.3) is 0 Å². The van der Waals surface area contributed by atoms with Crippen LogP contribution in [0.2, 0.25) is 0 Å². The average molecular weight is 358 g/mol. The Morgan fingerprint density at radius 3 is 2.15 bits per heavy atom. The molecule has 0 aromatic heterocycles. The Balaban J connectivity index is 1.48. The molecule has 0 saturated carbocycles.